The van der Waals surface area contributed by atoms with Crippen molar-refractivity contribution >= 4 is 27.5 Å². The lowest BCUT2D eigenvalue weighted by molar-refractivity contribution is -0.111. The molecule has 0 aliphatic carbocycles. The third-order valence-electron chi connectivity index (χ3n) is 4.27. The number of carbonyl (C=O) groups is 1. The minimum Gasteiger partial charge on any atom is -0.496 e. The van der Waals surface area contributed by atoms with Crippen molar-refractivity contribution in [2.45, 2.75) is 5.75 Å². The number of amides is 1. The molecular formula is C22H25NO7S. The van der Waals surface area contributed by atoms with Gasteiger partial charge in [0.15, 0.2) is 9.84 Å². The van der Waals surface area contributed by atoms with Crippen LogP contribution in [0.4, 0.5) is 5.69 Å². The average Bonchev–Trinajstić information content (AvgIpc) is 2.76. The molecule has 0 saturated heterocycles. The molecule has 1 N–H and O–H groups in total. The Morgan fingerprint density at radius 2 is 1.58 bits per heavy atom. The van der Waals surface area contributed by atoms with Gasteiger partial charge in [0.2, 0.25) is 5.91 Å². The van der Waals surface area contributed by atoms with Crippen LogP contribution < -0.4 is 24.3 Å². The van der Waals surface area contributed by atoms with Crippen molar-refractivity contribution in [2.24, 2.45) is 0 Å². The van der Waals surface area contributed by atoms with Crippen molar-refractivity contribution < 1.29 is 32.2 Å². The van der Waals surface area contributed by atoms with E-state index in [0.29, 0.717) is 39.8 Å². The van der Waals surface area contributed by atoms with Crippen LogP contribution in [-0.4, -0.2) is 42.8 Å². The molecule has 1 amide bonds. The van der Waals surface area contributed by atoms with E-state index in [4.69, 9.17) is 18.9 Å². The van der Waals surface area contributed by atoms with E-state index in [-0.39, 0.29) is 5.75 Å². The van der Waals surface area contributed by atoms with Crippen LogP contribution in [0.5, 0.6) is 23.0 Å². The molecule has 31 heavy (non-hydrogen) atoms. The van der Waals surface area contributed by atoms with Crippen LogP contribution >= 0.6 is 0 Å². The summed E-state index contributed by atoms with van der Waals surface area (Å²) < 4.78 is 46.5. The molecule has 166 valence electrons. The summed E-state index contributed by atoms with van der Waals surface area (Å²) in [7, 11) is 2.23. The van der Waals surface area contributed by atoms with Crippen molar-refractivity contribution in [2.75, 3.05) is 33.8 Å². The topological polar surface area (TPSA) is 100 Å². The van der Waals surface area contributed by atoms with Gasteiger partial charge in [0.25, 0.3) is 0 Å². The number of carbonyl (C=O) groups excluding carboxylic acids is 1. The van der Waals surface area contributed by atoms with E-state index in [2.05, 4.69) is 11.9 Å². The van der Waals surface area contributed by atoms with Crippen LogP contribution in [0.2, 0.25) is 0 Å². The fourth-order valence-electron chi connectivity index (χ4n) is 2.78. The molecule has 0 aromatic heterocycles. The Hall–Kier alpha value is -3.46. The number of methoxy groups -OCH3 is 4. The number of rotatable bonds is 10. The largest absolute Gasteiger partial charge is 0.496 e. The van der Waals surface area contributed by atoms with Crippen molar-refractivity contribution in [3.05, 3.63) is 59.5 Å². The van der Waals surface area contributed by atoms with Gasteiger partial charge in [-0.15, -0.1) is 0 Å². The predicted octanol–water partition coefficient (Wildman–Crippen LogP) is 3.43. The van der Waals surface area contributed by atoms with Crippen LogP contribution in [0, 0.1) is 0 Å². The monoisotopic (exact) mass is 447 g/mol. The van der Waals surface area contributed by atoms with E-state index in [1.807, 2.05) is 0 Å². The fourth-order valence-corrected chi connectivity index (χ4v) is 3.86. The van der Waals surface area contributed by atoms with Crippen LogP contribution in [0.3, 0.4) is 0 Å². The molecule has 2 aromatic carbocycles. The van der Waals surface area contributed by atoms with Crippen LogP contribution in [-0.2, 0) is 20.4 Å². The highest BCUT2D eigenvalue weighted by Crippen LogP contribution is 2.35. The van der Waals surface area contributed by atoms with Gasteiger partial charge in [0.05, 0.1) is 45.4 Å². The molecule has 2 rings (SSSR count). The maximum absolute atomic E-state index is 12.7. The third kappa shape index (κ3) is 6.26. The molecule has 0 saturated carbocycles. The summed E-state index contributed by atoms with van der Waals surface area (Å²) in [4.78, 5) is 11.6. The highest BCUT2D eigenvalue weighted by molar-refractivity contribution is 7.93. The van der Waals surface area contributed by atoms with Gasteiger partial charge in [-0.2, -0.15) is 0 Å². The first kappa shape index (κ1) is 23.8. The number of benzene rings is 2. The molecule has 8 nitrogen and oxygen atoms in total. The molecule has 0 spiro atoms. The summed E-state index contributed by atoms with van der Waals surface area (Å²) in [6.07, 6.45) is 2.53. The minimum absolute atomic E-state index is 0.286. The number of ether oxygens (including phenoxy) is 4. The maximum Gasteiger partial charge on any atom is 0.247 e. The Morgan fingerprint density at radius 3 is 2.10 bits per heavy atom. The lowest BCUT2D eigenvalue weighted by Crippen LogP contribution is -2.09. The number of sulfone groups is 1. The Morgan fingerprint density at radius 1 is 0.968 bits per heavy atom. The molecule has 0 bridgehead atoms. The van der Waals surface area contributed by atoms with Crippen molar-refractivity contribution in [3.8, 4) is 23.0 Å². The van der Waals surface area contributed by atoms with Crippen molar-refractivity contribution in [1.29, 1.82) is 0 Å². The predicted molar refractivity (Wildman–Crippen MR) is 120 cm³/mol. The summed E-state index contributed by atoms with van der Waals surface area (Å²) in [6.45, 7) is 3.40. The first-order valence-corrected chi connectivity index (χ1v) is 10.8. The molecule has 0 fully saturated rings. The molecule has 0 aliphatic rings. The second-order valence-electron chi connectivity index (χ2n) is 6.28. The smallest absolute Gasteiger partial charge is 0.247 e. The highest BCUT2D eigenvalue weighted by Gasteiger charge is 2.15. The molecule has 9 heteroatoms. The zero-order valence-corrected chi connectivity index (χ0v) is 18.6. The van der Waals surface area contributed by atoms with Gasteiger partial charge in [0.1, 0.15) is 23.0 Å². The first-order chi connectivity index (χ1) is 14.8. The van der Waals surface area contributed by atoms with Gasteiger partial charge in [-0.05, 0) is 29.8 Å². The zero-order valence-electron chi connectivity index (χ0n) is 17.8. The van der Waals surface area contributed by atoms with Crippen molar-refractivity contribution in [1.82, 2.24) is 0 Å². The van der Waals surface area contributed by atoms with Crippen LogP contribution in [0.1, 0.15) is 11.1 Å². The summed E-state index contributed by atoms with van der Waals surface area (Å²) >= 11 is 0. The standard InChI is InChI=1S/C22H25NO7S/c1-6-22(24)23-18-11-15(7-8-19(18)28-3)14-31(25,26)10-9-17-20(29-4)12-16(27-2)13-21(17)30-5/h6-13H,1,14H2,2-5H3,(H,23,24). The van der Waals surface area contributed by atoms with E-state index < -0.39 is 15.7 Å². The molecule has 0 heterocycles. The summed E-state index contributed by atoms with van der Waals surface area (Å²) in [5.41, 5.74) is 1.28. The summed E-state index contributed by atoms with van der Waals surface area (Å²) in [6, 6.07) is 8.00. The normalized spacial score (nSPS) is 11.1. The second kappa shape index (κ2) is 10.5. The lowest BCUT2D eigenvalue weighted by atomic mass is 10.1. The highest BCUT2D eigenvalue weighted by atomic mass is 32.2. The number of hydrogen-bond acceptors (Lipinski definition) is 7. The Balaban J connectivity index is 2.34. The first-order valence-electron chi connectivity index (χ1n) is 9.08. The van der Waals surface area contributed by atoms with Gasteiger partial charge in [-0.25, -0.2) is 8.42 Å². The maximum atomic E-state index is 12.7. The SMILES string of the molecule is C=CC(=O)Nc1cc(CS(=O)(=O)C=Cc2c(OC)cc(OC)cc2OC)ccc1OC. The molecule has 0 aliphatic heterocycles. The Labute approximate surface area is 182 Å². The van der Waals surface area contributed by atoms with Gasteiger partial charge < -0.3 is 24.3 Å². The third-order valence-corrected chi connectivity index (χ3v) is 5.56. The van der Waals surface area contributed by atoms with Crippen molar-refractivity contribution in [3.63, 3.8) is 0 Å². The van der Waals surface area contributed by atoms with E-state index in [1.54, 1.807) is 30.3 Å². The van der Waals surface area contributed by atoms with E-state index in [0.717, 1.165) is 11.5 Å². The quantitative estimate of drug-likeness (QED) is 0.557. The van der Waals surface area contributed by atoms with Gasteiger partial charge >= 0.3 is 0 Å². The van der Waals surface area contributed by atoms with E-state index in [9.17, 15) is 13.2 Å². The Bertz CT molecular complexity index is 1070. The summed E-state index contributed by atoms with van der Waals surface area (Å²) in [5.74, 6) is 1.01. The Kier molecular flexibility index (Phi) is 8.09. The molecular weight excluding hydrogens is 422 g/mol. The van der Waals surface area contributed by atoms with E-state index >= 15 is 0 Å². The van der Waals surface area contributed by atoms with Crippen LogP contribution in [0.25, 0.3) is 6.08 Å². The van der Waals surface area contributed by atoms with Gasteiger partial charge in [-0.1, -0.05) is 12.6 Å². The zero-order chi connectivity index (χ0) is 23.0. The average molecular weight is 448 g/mol. The molecule has 0 radical (unpaired) electrons. The van der Waals surface area contributed by atoms with Gasteiger partial charge in [-0.3, -0.25) is 4.79 Å². The van der Waals surface area contributed by atoms with Crippen LogP contribution in [0.15, 0.2) is 48.4 Å². The summed E-state index contributed by atoms with van der Waals surface area (Å²) in [5, 5.41) is 3.69. The molecule has 0 unspecified atom stereocenters. The number of anilines is 1. The molecule has 2 aromatic rings. The van der Waals surface area contributed by atoms with E-state index in [1.165, 1.54) is 34.5 Å². The second-order valence-corrected chi connectivity index (χ2v) is 8.17. The minimum atomic E-state index is -3.67. The fraction of sp³-hybridized carbons (Fsp3) is 0.227. The lowest BCUT2D eigenvalue weighted by Gasteiger charge is -2.13. The number of nitrogens with one attached hydrogen (secondary N) is 1. The number of hydrogen-bond donors (Lipinski definition) is 1. The van der Waals surface area contributed by atoms with Gasteiger partial charge in [0, 0.05) is 17.5 Å². The molecule has 0 atom stereocenters.